The lowest BCUT2D eigenvalue weighted by Gasteiger charge is -2.12. The van der Waals surface area contributed by atoms with E-state index in [1.807, 2.05) is 48.0 Å². The van der Waals surface area contributed by atoms with Gasteiger partial charge in [-0.05, 0) is 47.3 Å². The third kappa shape index (κ3) is 3.62. The molecule has 4 aromatic carbocycles. The lowest BCUT2D eigenvalue weighted by Crippen LogP contribution is -2.13. The van der Waals surface area contributed by atoms with Crippen LogP contribution in [0.5, 0.6) is 0 Å². The number of carboxylic acid groups (broad SMARTS) is 1. The Labute approximate surface area is 190 Å². The third-order valence-corrected chi connectivity index (χ3v) is 7.16. The molecule has 33 heavy (non-hydrogen) atoms. The molecule has 0 aliphatic carbocycles. The molecule has 0 bridgehead atoms. The van der Waals surface area contributed by atoms with Gasteiger partial charge in [-0.2, -0.15) is 0 Å². The van der Waals surface area contributed by atoms with Gasteiger partial charge in [-0.1, -0.05) is 54.6 Å². The van der Waals surface area contributed by atoms with Crippen molar-refractivity contribution in [3.8, 4) is 11.3 Å². The summed E-state index contributed by atoms with van der Waals surface area (Å²) in [6.07, 6.45) is 0. The topological polar surface area (TPSA) is 88.4 Å². The molecule has 2 N–H and O–H groups in total. The van der Waals surface area contributed by atoms with Crippen molar-refractivity contribution in [2.45, 2.75) is 4.90 Å². The van der Waals surface area contributed by atoms with E-state index in [4.69, 9.17) is 0 Å². The quantitative estimate of drug-likeness (QED) is 0.366. The largest absolute Gasteiger partial charge is 0.478 e. The van der Waals surface area contributed by atoms with Crippen LogP contribution in [0.25, 0.3) is 32.9 Å². The number of aromatic nitrogens is 1. The average molecular weight is 457 g/mol. The molecule has 0 fully saturated rings. The molecular formula is C26H20N2O4S. The Morgan fingerprint density at radius 3 is 2.27 bits per heavy atom. The minimum atomic E-state index is -3.90. The van der Waals surface area contributed by atoms with Crippen molar-refractivity contribution in [1.82, 2.24) is 4.57 Å². The highest BCUT2D eigenvalue weighted by Gasteiger charge is 2.19. The molecule has 0 aliphatic rings. The molecule has 1 heterocycles. The number of aromatic carboxylic acids is 1. The van der Waals surface area contributed by atoms with E-state index in [2.05, 4.69) is 4.72 Å². The van der Waals surface area contributed by atoms with E-state index in [-0.39, 0.29) is 10.5 Å². The number of nitrogens with zero attached hydrogens (tertiary/aromatic N) is 1. The smallest absolute Gasteiger partial charge is 0.336 e. The number of sulfonamides is 1. The highest BCUT2D eigenvalue weighted by molar-refractivity contribution is 7.92. The molecule has 5 rings (SSSR count). The van der Waals surface area contributed by atoms with E-state index in [1.165, 1.54) is 12.1 Å². The number of aryl methyl sites for hydroxylation is 1. The summed E-state index contributed by atoms with van der Waals surface area (Å²) >= 11 is 0. The molecule has 6 nitrogen and oxygen atoms in total. The predicted octanol–water partition coefficient (Wildman–Crippen LogP) is 5.50. The fraction of sp³-hybridized carbons (Fsp3) is 0.0385. The Bertz CT molecular complexity index is 1640. The summed E-state index contributed by atoms with van der Waals surface area (Å²) in [6.45, 7) is 0. The third-order valence-electron chi connectivity index (χ3n) is 5.79. The number of rotatable bonds is 5. The Morgan fingerprint density at radius 2 is 1.55 bits per heavy atom. The standard InChI is InChI=1S/C26H20N2O4S/c1-28-24-14-11-19(15-18(24)16-25(28)17-7-3-2-4-8-17)33(31,32)27-23-13-12-22(26(29)30)20-9-5-6-10-21(20)23/h2-16,27H,1H3,(H,29,30). The molecule has 164 valence electrons. The van der Waals surface area contributed by atoms with E-state index >= 15 is 0 Å². The second-order valence-corrected chi connectivity index (χ2v) is 9.47. The van der Waals surface area contributed by atoms with Crippen LogP contribution in [0.4, 0.5) is 5.69 Å². The monoisotopic (exact) mass is 456 g/mol. The summed E-state index contributed by atoms with van der Waals surface area (Å²) in [6, 6.07) is 26.6. The molecule has 0 saturated heterocycles. The number of carboxylic acids is 1. The second-order valence-electron chi connectivity index (χ2n) is 7.79. The van der Waals surface area contributed by atoms with Crippen LogP contribution in [0.3, 0.4) is 0 Å². The number of carbonyl (C=O) groups is 1. The maximum atomic E-state index is 13.2. The molecule has 1 aromatic heterocycles. The predicted molar refractivity (Wildman–Crippen MR) is 130 cm³/mol. The number of anilines is 1. The van der Waals surface area contributed by atoms with Gasteiger partial charge in [-0.3, -0.25) is 4.72 Å². The maximum Gasteiger partial charge on any atom is 0.336 e. The first-order chi connectivity index (χ1) is 15.8. The highest BCUT2D eigenvalue weighted by Crippen LogP contribution is 2.31. The van der Waals surface area contributed by atoms with Gasteiger partial charge < -0.3 is 9.67 Å². The Morgan fingerprint density at radius 1 is 0.848 bits per heavy atom. The van der Waals surface area contributed by atoms with Crippen LogP contribution in [-0.2, 0) is 17.1 Å². The van der Waals surface area contributed by atoms with Gasteiger partial charge in [-0.15, -0.1) is 0 Å². The first-order valence-corrected chi connectivity index (χ1v) is 11.8. The second kappa shape index (κ2) is 7.79. The van der Waals surface area contributed by atoms with Gasteiger partial charge >= 0.3 is 5.97 Å². The number of hydrogen-bond donors (Lipinski definition) is 2. The molecule has 0 unspecified atom stereocenters. The van der Waals surface area contributed by atoms with E-state index in [0.717, 1.165) is 22.2 Å². The normalized spacial score (nSPS) is 11.7. The van der Waals surface area contributed by atoms with E-state index in [1.54, 1.807) is 42.5 Å². The Kier molecular flexibility index (Phi) is 4.91. The van der Waals surface area contributed by atoms with Crippen LogP contribution in [-0.4, -0.2) is 24.1 Å². The number of nitrogens with one attached hydrogen (secondary N) is 1. The van der Waals surface area contributed by atoms with Crippen LogP contribution in [0, 0.1) is 0 Å². The molecular weight excluding hydrogens is 436 g/mol. The van der Waals surface area contributed by atoms with Gasteiger partial charge in [0.15, 0.2) is 0 Å². The van der Waals surface area contributed by atoms with E-state index < -0.39 is 16.0 Å². The van der Waals surface area contributed by atoms with Crippen molar-refractivity contribution in [2.24, 2.45) is 7.05 Å². The van der Waals surface area contributed by atoms with Crippen molar-refractivity contribution in [2.75, 3.05) is 4.72 Å². The summed E-state index contributed by atoms with van der Waals surface area (Å²) in [7, 11) is -1.95. The molecule has 5 aromatic rings. The lowest BCUT2D eigenvalue weighted by atomic mass is 10.0. The number of benzene rings is 4. The van der Waals surface area contributed by atoms with Gasteiger partial charge in [0, 0.05) is 29.0 Å². The summed E-state index contributed by atoms with van der Waals surface area (Å²) < 4.78 is 31.1. The van der Waals surface area contributed by atoms with Crippen molar-refractivity contribution in [3.63, 3.8) is 0 Å². The Hall–Kier alpha value is -4.10. The fourth-order valence-electron chi connectivity index (χ4n) is 4.16. The molecule has 0 atom stereocenters. The first kappa shape index (κ1) is 20.8. The number of hydrogen-bond acceptors (Lipinski definition) is 3. The highest BCUT2D eigenvalue weighted by atomic mass is 32.2. The Balaban J connectivity index is 1.57. The van der Waals surface area contributed by atoms with E-state index in [9.17, 15) is 18.3 Å². The SMILES string of the molecule is Cn1c(-c2ccccc2)cc2cc(S(=O)(=O)Nc3ccc(C(=O)O)c4ccccc34)ccc21. The fourth-order valence-corrected chi connectivity index (χ4v) is 5.27. The van der Waals surface area contributed by atoms with Gasteiger partial charge in [0.2, 0.25) is 0 Å². The zero-order valence-electron chi connectivity index (χ0n) is 17.7. The molecule has 0 spiro atoms. The zero-order chi connectivity index (χ0) is 23.2. The van der Waals surface area contributed by atoms with Crippen LogP contribution >= 0.6 is 0 Å². The molecule has 0 radical (unpaired) electrons. The van der Waals surface area contributed by atoms with Crippen LogP contribution < -0.4 is 4.72 Å². The van der Waals surface area contributed by atoms with Crippen LogP contribution in [0.15, 0.2) is 95.9 Å². The average Bonchev–Trinajstić information content (AvgIpc) is 3.15. The van der Waals surface area contributed by atoms with Crippen molar-refractivity contribution in [1.29, 1.82) is 0 Å². The van der Waals surface area contributed by atoms with Gasteiger partial charge in [0.05, 0.1) is 16.1 Å². The summed E-state index contributed by atoms with van der Waals surface area (Å²) in [5.41, 5.74) is 3.40. The van der Waals surface area contributed by atoms with Gasteiger partial charge in [0.25, 0.3) is 10.0 Å². The zero-order valence-corrected chi connectivity index (χ0v) is 18.5. The molecule has 0 amide bonds. The molecule has 0 aliphatic heterocycles. The lowest BCUT2D eigenvalue weighted by molar-refractivity contribution is 0.0699. The molecule has 0 saturated carbocycles. The van der Waals surface area contributed by atoms with Gasteiger partial charge in [0.1, 0.15) is 0 Å². The summed E-state index contributed by atoms with van der Waals surface area (Å²) in [4.78, 5) is 11.7. The van der Waals surface area contributed by atoms with Crippen molar-refractivity contribution >= 4 is 43.4 Å². The minimum absolute atomic E-state index is 0.118. The summed E-state index contributed by atoms with van der Waals surface area (Å²) in [5, 5.41) is 11.3. The molecule has 7 heteroatoms. The number of fused-ring (bicyclic) bond motifs is 2. The van der Waals surface area contributed by atoms with Crippen LogP contribution in [0.1, 0.15) is 10.4 Å². The van der Waals surface area contributed by atoms with Gasteiger partial charge in [-0.25, -0.2) is 13.2 Å². The van der Waals surface area contributed by atoms with Crippen molar-refractivity contribution < 1.29 is 18.3 Å². The summed E-state index contributed by atoms with van der Waals surface area (Å²) in [5.74, 6) is -1.07. The van der Waals surface area contributed by atoms with Crippen molar-refractivity contribution in [3.05, 3.63) is 96.6 Å². The maximum absolute atomic E-state index is 13.2. The van der Waals surface area contributed by atoms with Crippen LogP contribution in [0.2, 0.25) is 0 Å². The minimum Gasteiger partial charge on any atom is -0.478 e. The first-order valence-electron chi connectivity index (χ1n) is 10.3. The van der Waals surface area contributed by atoms with E-state index in [0.29, 0.717) is 16.5 Å².